The van der Waals surface area contributed by atoms with Gasteiger partial charge in [-0.1, -0.05) is 0 Å². The largest absolute Gasteiger partial charge is 0.396 e. The minimum absolute atomic E-state index is 0.0451. The van der Waals surface area contributed by atoms with Crippen LogP contribution in [0, 0.1) is 0 Å². The standard InChI is InChI=1S/C7H14O2.C6H12O3.C6H12O2/c8-5-4-7-3-1-2-6-9-7;1-6(2)8-4-5(3-7)9-6;7-5-6-3-1-2-4-8-6/h7-8H,1-6H2;5,7H,3-4H2,1-2H3;6-7H,1-5H2/t;5-;/m.0./s1. The highest BCUT2D eigenvalue weighted by atomic mass is 16.7. The van der Waals surface area contributed by atoms with Crippen LogP contribution in [-0.2, 0) is 18.9 Å². The molecule has 3 N–H and O–H groups in total. The molecule has 3 rings (SSSR count). The Hall–Kier alpha value is -0.280. The lowest BCUT2D eigenvalue weighted by Crippen LogP contribution is -2.22. The zero-order chi connectivity index (χ0) is 19.3. The third-order valence-corrected chi connectivity index (χ3v) is 4.47. The first-order valence-electron chi connectivity index (χ1n) is 9.88. The molecule has 0 radical (unpaired) electrons. The number of hydrogen-bond donors (Lipinski definition) is 3. The Balaban J connectivity index is 0.000000195. The van der Waals surface area contributed by atoms with Crippen molar-refractivity contribution in [1.82, 2.24) is 0 Å². The summed E-state index contributed by atoms with van der Waals surface area (Å²) in [5.41, 5.74) is 0. The number of hydrogen-bond acceptors (Lipinski definition) is 7. The molecule has 0 aromatic carbocycles. The zero-order valence-electron chi connectivity index (χ0n) is 16.4. The van der Waals surface area contributed by atoms with Crippen LogP contribution in [-0.4, -0.2) is 79.1 Å². The maximum Gasteiger partial charge on any atom is 0.163 e. The van der Waals surface area contributed by atoms with Crippen molar-refractivity contribution < 1.29 is 34.3 Å². The lowest BCUT2D eigenvalue weighted by atomic mass is 10.1. The van der Waals surface area contributed by atoms with Gasteiger partial charge in [0, 0.05) is 19.8 Å². The van der Waals surface area contributed by atoms with Gasteiger partial charge in [-0.15, -0.1) is 0 Å². The van der Waals surface area contributed by atoms with E-state index in [9.17, 15) is 0 Å². The fourth-order valence-electron chi connectivity index (χ4n) is 2.98. The molecule has 7 heteroatoms. The van der Waals surface area contributed by atoms with Crippen LogP contribution in [0.25, 0.3) is 0 Å². The third kappa shape index (κ3) is 10.8. The highest BCUT2D eigenvalue weighted by molar-refractivity contribution is 4.69. The lowest BCUT2D eigenvalue weighted by Gasteiger charge is -2.21. The molecule has 3 aliphatic heterocycles. The molecule has 0 spiro atoms. The van der Waals surface area contributed by atoms with Gasteiger partial charge in [-0.05, 0) is 58.8 Å². The fraction of sp³-hybridized carbons (Fsp3) is 1.00. The van der Waals surface area contributed by atoms with E-state index in [0.29, 0.717) is 12.7 Å². The van der Waals surface area contributed by atoms with Crippen molar-refractivity contribution in [1.29, 1.82) is 0 Å². The summed E-state index contributed by atoms with van der Waals surface area (Å²) >= 11 is 0. The van der Waals surface area contributed by atoms with Crippen molar-refractivity contribution in [3.8, 4) is 0 Å². The summed E-state index contributed by atoms with van der Waals surface area (Å²) in [7, 11) is 0. The molecule has 0 aliphatic carbocycles. The van der Waals surface area contributed by atoms with Gasteiger partial charge in [0.1, 0.15) is 6.10 Å². The highest BCUT2D eigenvalue weighted by Crippen LogP contribution is 2.21. The van der Waals surface area contributed by atoms with Crippen LogP contribution in [0.1, 0.15) is 58.8 Å². The van der Waals surface area contributed by atoms with Gasteiger partial charge in [-0.25, -0.2) is 0 Å². The van der Waals surface area contributed by atoms with Crippen molar-refractivity contribution in [2.24, 2.45) is 0 Å². The Morgan fingerprint density at radius 3 is 1.69 bits per heavy atom. The van der Waals surface area contributed by atoms with Crippen molar-refractivity contribution in [2.75, 3.05) is 39.6 Å². The van der Waals surface area contributed by atoms with Gasteiger partial charge >= 0.3 is 0 Å². The average molecular weight is 379 g/mol. The number of aliphatic hydroxyl groups excluding tert-OH is 3. The van der Waals surface area contributed by atoms with Gasteiger partial charge < -0.3 is 34.3 Å². The molecule has 26 heavy (non-hydrogen) atoms. The van der Waals surface area contributed by atoms with Crippen molar-refractivity contribution in [3.05, 3.63) is 0 Å². The smallest absolute Gasteiger partial charge is 0.163 e. The Morgan fingerprint density at radius 1 is 0.808 bits per heavy atom. The summed E-state index contributed by atoms with van der Waals surface area (Å²) in [6, 6.07) is 0. The maximum atomic E-state index is 8.59. The predicted molar refractivity (Wildman–Crippen MR) is 98.0 cm³/mol. The molecule has 0 saturated carbocycles. The summed E-state index contributed by atoms with van der Waals surface area (Å²) in [6.45, 7) is 6.42. The Labute approximate surface area is 157 Å². The van der Waals surface area contributed by atoms with E-state index in [1.54, 1.807) is 0 Å². The molecule has 3 atom stereocenters. The van der Waals surface area contributed by atoms with Gasteiger partial charge in [0.15, 0.2) is 5.79 Å². The van der Waals surface area contributed by atoms with E-state index in [-0.39, 0.29) is 32.0 Å². The predicted octanol–water partition coefficient (Wildman–Crippen LogP) is 1.62. The number of rotatable bonds is 4. The summed E-state index contributed by atoms with van der Waals surface area (Å²) in [4.78, 5) is 0. The minimum atomic E-state index is -0.493. The first-order chi connectivity index (χ1) is 12.5. The summed E-state index contributed by atoms with van der Waals surface area (Å²) in [6.07, 6.45) is 8.21. The first kappa shape index (κ1) is 23.8. The second-order valence-electron chi connectivity index (χ2n) is 7.31. The van der Waals surface area contributed by atoms with Crippen LogP contribution in [0.5, 0.6) is 0 Å². The van der Waals surface area contributed by atoms with Gasteiger partial charge in [0.2, 0.25) is 0 Å². The van der Waals surface area contributed by atoms with Crippen molar-refractivity contribution in [3.63, 3.8) is 0 Å². The SMILES string of the molecule is CC1(C)OC[C@H](CO)O1.OCC1CCCCO1.OCCC1CCCCO1. The monoisotopic (exact) mass is 378 g/mol. The van der Waals surface area contributed by atoms with Crippen LogP contribution < -0.4 is 0 Å². The Bertz CT molecular complexity index is 323. The minimum Gasteiger partial charge on any atom is -0.396 e. The number of aliphatic hydroxyl groups is 3. The molecular weight excluding hydrogens is 340 g/mol. The zero-order valence-corrected chi connectivity index (χ0v) is 16.4. The van der Waals surface area contributed by atoms with Crippen LogP contribution in [0.3, 0.4) is 0 Å². The van der Waals surface area contributed by atoms with Crippen molar-refractivity contribution in [2.45, 2.75) is 82.9 Å². The van der Waals surface area contributed by atoms with Gasteiger partial charge in [0.25, 0.3) is 0 Å². The second-order valence-corrected chi connectivity index (χ2v) is 7.31. The van der Waals surface area contributed by atoms with Gasteiger partial charge in [-0.3, -0.25) is 0 Å². The van der Waals surface area contributed by atoms with Gasteiger partial charge in [0.05, 0.1) is 32.0 Å². The molecular formula is C19H38O7. The van der Waals surface area contributed by atoms with Crippen LogP contribution >= 0.6 is 0 Å². The van der Waals surface area contributed by atoms with Gasteiger partial charge in [-0.2, -0.15) is 0 Å². The molecule has 0 aromatic rings. The molecule has 3 saturated heterocycles. The molecule has 156 valence electrons. The average Bonchev–Trinajstić information content (AvgIpc) is 3.04. The van der Waals surface area contributed by atoms with E-state index < -0.39 is 5.79 Å². The van der Waals surface area contributed by atoms with E-state index >= 15 is 0 Å². The second kappa shape index (κ2) is 13.8. The van der Waals surface area contributed by atoms with Crippen LogP contribution in [0.15, 0.2) is 0 Å². The molecule has 3 heterocycles. The van der Waals surface area contributed by atoms with E-state index in [1.807, 2.05) is 13.8 Å². The summed E-state index contributed by atoms with van der Waals surface area (Å²) in [5.74, 6) is -0.493. The summed E-state index contributed by atoms with van der Waals surface area (Å²) < 4.78 is 20.9. The van der Waals surface area contributed by atoms with E-state index in [2.05, 4.69) is 0 Å². The quantitative estimate of drug-likeness (QED) is 0.684. The molecule has 0 aromatic heterocycles. The van der Waals surface area contributed by atoms with Crippen LogP contribution in [0.2, 0.25) is 0 Å². The molecule has 0 amide bonds. The highest BCUT2D eigenvalue weighted by Gasteiger charge is 2.31. The molecule has 7 nitrogen and oxygen atoms in total. The topological polar surface area (TPSA) is 97.6 Å². The Kier molecular flexibility index (Phi) is 12.6. The maximum absolute atomic E-state index is 8.59. The van der Waals surface area contributed by atoms with Crippen LogP contribution in [0.4, 0.5) is 0 Å². The normalized spacial score (nSPS) is 30.6. The Morgan fingerprint density at radius 2 is 1.38 bits per heavy atom. The van der Waals surface area contributed by atoms with E-state index in [1.165, 1.54) is 19.3 Å². The first-order valence-corrected chi connectivity index (χ1v) is 9.88. The molecule has 3 fully saturated rings. The summed E-state index contributed by atoms with van der Waals surface area (Å²) in [5, 5.41) is 25.7. The molecule has 2 unspecified atom stereocenters. The number of ether oxygens (including phenoxy) is 4. The molecule has 0 bridgehead atoms. The molecule has 3 aliphatic rings. The van der Waals surface area contributed by atoms with E-state index in [0.717, 1.165) is 38.9 Å². The third-order valence-electron chi connectivity index (χ3n) is 4.47. The lowest BCUT2D eigenvalue weighted by molar-refractivity contribution is -0.142. The van der Waals surface area contributed by atoms with Crippen molar-refractivity contribution >= 4 is 0 Å². The fourth-order valence-corrected chi connectivity index (χ4v) is 2.98. The van der Waals surface area contributed by atoms with E-state index in [4.69, 9.17) is 34.3 Å².